The van der Waals surface area contributed by atoms with E-state index in [9.17, 15) is 0 Å². The minimum atomic E-state index is 0.536. The van der Waals surface area contributed by atoms with Gasteiger partial charge in [0.15, 0.2) is 0 Å². The molecule has 0 amide bonds. The van der Waals surface area contributed by atoms with Gasteiger partial charge in [-0.05, 0) is 99.7 Å². The molecule has 0 saturated heterocycles. The molecule has 0 aromatic rings. The van der Waals surface area contributed by atoms with Gasteiger partial charge in [0.05, 0.1) is 0 Å². The third-order valence-electron chi connectivity index (χ3n) is 8.81. The zero-order valence-electron chi connectivity index (χ0n) is 16.2. The molecule has 0 spiro atoms. The summed E-state index contributed by atoms with van der Waals surface area (Å²) < 4.78 is 0. The molecule has 0 aliphatic heterocycles. The van der Waals surface area contributed by atoms with E-state index in [0.717, 1.165) is 47.6 Å². The van der Waals surface area contributed by atoms with Crippen LogP contribution in [0.1, 0.15) is 89.9 Å². The predicted molar refractivity (Wildman–Crippen MR) is 104 cm³/mol. The summed E-state index contributed by atoms with van der Waals surface area (Å²) in [6, 6.07) is 2.40. The van der Waals surface area contributed by atoms with Gasteiger partial charge in [0.25, 0.3) is 0 Å². The summed E-state index contributed by atoms with van der Waals surface area (Å²) in [5.41, 5.74) is 5.94. The Labute approximate surface area is 155 Å². The Balaban J connectivity index is 0.000000116. The maximum absolute atomic E-state index is 5.94. The Morgan fingerprint density at radius 3 is 1.84 bits per heavy atom. The average molecular weight is 345 g/mol. The van der Waals surface area contributed by atoms with E-state index < -0.39 is 0 Å². The second-order valence-electron chi connectivity index (χ2n) is 10.8. The van der Waals surface area contributed by atoms with Gasteiger partial charge < -0.3 is 11.1 Å². The molecule has 4 bridgehead atoms. The summed E-state index contributed by atoms with van der Waals surface area (Å²) in [7, 11) is 0. The van der Waals surface area contributed by atoms with Gasteiger partial charge >= 0.3 is 0 Å². The molecule has 7 aliphatic carbocycles. The Hall–Kier alpha value is -0.0800. The number of hydrogen-bond donors (Lipinski definition) is 2. The Bertz CT molecular complexity index is 429. The van der Waals surface area contributed by atoms with Crippen molar-refractivity contribution in [2.45, 2.75) is 108 Å². The van der Waals surface area contributed by atoms with Gasteiger partial charge in [-0.2, -0.15) is 0 Å². The Morgan fingerprint density at radius 2 is 1.20 bits per heavy atom. The minimum Gasteiger partial charge on any atom is -0.328 e. The van der Waals surface area contributed by atoms with E-state index in [0.29, 0.717) is 6.04 Å². The van der Waals surface area contributed by atoms with Crippen LogP contribution in [0.2, 0.25) is 0 Å². The predicted octanol–water partition coefficient (Wildman–Crippen LogP) is 4.87. The molecule has 25 heavy (non-hydrogen) atoms. The van der Waals surface area contributed by atoms with Gasteiger partial charge in [0, 0.05) is 18.1 Å². The summed E-state index contributed by atoms with van der Waals surface area (Å²) >= 11 is 0. The number of nitrogens with one attached hydrogen (secondary N) is 1. The molecule has 7 aliphatic rings. The van der Waals surface area contributed by atoms with E-state index in [1.54, 1.807) is 32.1 Å². The summed E-state index contributed by atoms with van der Waals surface area (Å²) in [6.07, 6.45) is 20.7. The molecule has 2 heteroatoms. The fourth-order valence-electron chi connectivity index (χ4n) is 7.63. The van der Waals surface area contributed by atoms with E-state index in [1.807, 2.05) is 0 Å². The molecule has 3 atom stereocenters. The van der Waals surface area contributed by atoms with Gasteiger partial charge in [-0.1, -0.05) is 25.7 Å². The highest BCUT2D eigenvalue weighted by atomic mass is 15.0. The molecular weight excluding hydrogens is 304 g/mol. The first-order valence-corrected chi connectivity index (χ1v) is 11.8. The zero-order valence-corrected chi connectivity index (χ0v) is 16.2. The largest absolute Gasteiger partial charge is 0.328 e. The van der Waals surface area contributed by atoms with Gasteiger partial charge in [-0.3, -0.25) is 0 Å². The molecule has 3 unspecified atom stereocenters. The van der Waals surface area contributed by atoms with Crippen LogP contribution < -0.4 is 11.1 Å². The van der Waals surface area contributed by atoms with Crippen molar-refractivity contribution in [3.63, 3.8) is 0 Å². The average Bonchev–Trinajstić information content (AvgIpc) is 3.42. The van der Waals surface area contributed by atoms with Crippen LogP contribution in [-0.2, 0) is 0 Å². The first-order valence-electron chi connectivity index (χ1n) is 11.8. The molecule has 0 aromatic heterocycles. The first-order chi connectivity index (χ1) is 12.2. The van der Waals surface area contributed by atoms with Crippen molar-refractivity contribution in [2.75, 3.05) is 0 Å². The molecule has 142 valence electrons. The lowest BCUT2D eigenvalue weighted by molar-refractivity contribution is -0.0143. The highest BCUT2D eigenvalue weighted by molar-refractivity contribution is 5.03. The van der Waals surface area contributed by atoms with E-state index >= 15 is 0 Å². The van der Waals surface area contributed by atoms with Crippen LogP contribution >= 0.6 is 0 Å². The van der Waals surface area contributed by atoms with Gasteiger partial charge in [0.2, 0.25) is 0 Å². The van der Waals surface area contributed by atoms with Crippen LogP contribution in [-0.4, -0.2) is 18.1 Å². The lowest BCUT2D eigenvalue weighted by atomic mass is 9.54. The highest BCUT2D eigenvalue weighted by Gasteiger charge is 2.49. The molecule has 7 fully saturated rings. The second-order valence-corrected chi connectivity index (χ2v) is 10.8. The fourth-order valence-corrected chi connectivity index (χ4v) is 7.63. The third kappa shape index (κ3) is 3.81. The Kier molecular flexibility index (Phi) is 4.88. The van der Waals surface area contributed by atoms with Crippen molar-refractivity contribution in [1.29, 1.82) is 0 Å². The van der Waals surface area contributed by atoms with Crippen LogP contribution in [0.25, 0.3) is 0 Å². The van der Waals surface area contributed by atoms with Crippen molar-refractivity contribution >= 4 is 0 Å². The van der Waals surface area contributed by atoms with E-state index in [1.165, 1.54) is 57.8 Å². The quantitative estimate of drug-likeness (QED) is 0.750. The monoisotopic (exact) mass is 344 g/mol. The van der Waals surface area contributed by atoms with Crippen molar-refractivity contribution in [3.05, 3.63) is 0 Å². The molecule has 0 heterocycles. The maximum Gasteiger partial charge on any atom is 0.0127 e. The van der Waals surface area contributed by atoms with Crippen molar-refractivity contribution in [3.8, 4) is 0 Å². The highest BCUT2D eigenvalue weighted by Crippen LogP contribution is 2.54. The molecule has 0 radical (unpaired) electrons. The lowest BCUT2D eigenvalue weighted by Crippen LogP contribution is -2.54. The number of rotatable bonds is 2. The maximum atomic E-state index is 5.94. The summed E-state index contributed by atoms with van der Waals surface area (Å²) in [4.78, 5) is 0. The molecule has 3 N–H and O–H groups in total. The fraction of sp³-hybridized carbons (Fsp3) is 1.00. The molecule has 2 nitrogen and oxygen atoms in total. The Morgan fingerprint density at radius 1 is 0.560 bits per heavy atom. The van der Waals surface area contributed by atoms with Gasteiger partial charge in [-0.25, -0.2) is 0 Å². The first kappa shape index (κ1) is 17.0. The van der Waals surface area contributed by atoms with Crippen molar-refractivity contribution in [1.82, 2.24) is 5.32 Å². The van der Waals surface area contributed by atoms with Crippen LogP contribution in [0.5, 0.6) is 0 Å². The smallest absolute Gasteiger partial charge is 0.0127 e. The van der Waals surface area contributed by atoms with Crippen LogP contribution in [0.3, 0.4) is 0 Å². The third-order valence-corrected chi connectivity index (χ3v) is 8.81. The van der Waals surface area contributed by atoms with Crippen LogP contribution in [0.15, 0.2) is 0 Å². The number of fused-ring (bicyclic) bond motifs is 1. The summed E-state index contributed by atoms with van der Waals surface area (Å²) in [6.45, 7) is 0. The topological polar surface area (TPSA) is 38.0 Å². The summed E-state index contributed by atoms with van der Waals surface area (Å²) in [5.74, 6) is 6.49. The second kappa shape index (κ2) is 7.15. The number of hydrogen-bond acceptors (Lipinski definition) is 2. The summed E-state index contributed by atoms with van der Waals surface area (Å²) in [5, 5.41) is 3.94. The van der Waals surface area contributed by atoms with Crippen molar-refractivity contribution in [2.24, 2.45) is 41.2 Å². The molecule has 7 saturated carbocycles. The standard InChI is InChI=1S/C13H21N.C10H19N/c1-2-12(1)14-13-10-4-8-3-9(6-10)7-11(13)5-8;11-10-6-5-8-3-1-2-4-9(8)7-10/h8-14H,1-7H2;8-10H,1-7,11H2. The van der Waals surface area contributed by atoms with Crippen molar-refractivity contribution < 1.29 is 0 Å². The molecule has 0 aromatic carbocycles. The van der Waals surface area contributed by atoms with Crippen LogP contribution in [0.4, 0.5) is 0 Å². The number of nitrogens with two attached hydrogens (primary N) is 1. The molecule has 7 rings (SSSR count). The van der Waals surface area contributed by atoms with Crippen LogP contribution in [0, 0.1) is 35.5 Å². The zero-order chi connectivity index (χ0) is 16.8. The van der Waals surface area contributed by atoms with E-state index in [4.69, 9.17) is 5.73 Å². The van der Waals surface area contributed by atoms with Gasteiger partial charge in [0.1, 0.15) is 0 Å². The minimum absolute atomic E-state index is 0.536. The normalized spacial score (nSPS) is 50.8. The van der Waals surface area contributed by atoms with E-state index in [-0.39, 0.29) is 0 Å². The SMILES string of the molecule is C1C2CC3CC1CC(C2)C3NC1CC1.NC1CCC2CCCCC2C1. The molecular formula is C23H40N2. The van der Waals surface area contributed by atoms with Gasteiger partial charge in [-0.15, -0.1) is 0 Å². The van der Waals surface area contributed by atoms with E-state index in [2.05, 4.69) is 5.32 Å². The lowest BCUT2D eigenvalue weighted by Gasteiger charge is -2.54.